The number of hydrogen-bond donors (Lipinski definition) is 1. The highest BCUT2D eigenvalue weighted by Crippen LogP contribution is 2.34. The predicted molar refractivity (Wildman–Crippen MR) is 60.1 cm³/mol. The van der Waals surface area contributed by atoms with Crippen LogP contribution < -0.4 is 0 Å². The predicted octanol–water partition coefficient (Wildman–Crippen LogP) is 1.07. The number of hydrazone groups is 1. The van der Waals surface area contributed by atoms with E-state index in [1.807, 2.05) is 0 Å². The van der Waals surface area contributed by atoms with E-state index in [-0.39, 0.29) is 6.42 Å². The van der Waals surface area contributed by atoms with Crippen LogP contribution in [0.2, 0.25) is 0 Å². The van der Waals surface area contributed by atoms with Crippen LogP contribution in [0.1, 0.15) is 18.9 Å². The van der Waals surface area contributed by atoms with Crippen molar-refractivity contribution < 1.29 is 14.6 Å². The SMILES string of the molecule is COC(=O)N1N=C(C)C[C@]1(O)c1cccnc1. The number of methoxy groups -OCH3 is 1. The van der Waals surface area contributed by atoms with Crippen molar-refractivity contribution in [2.24, 2.45) is 5.10 Å². The zero-order chi connectivity index (χ0) is 12.5. The Morgan fingerprint density at radius 2 is 2.41 bits per heavy atom. The van der Waals surface area contributed by atoms with Gasteiger partial charge in [-0.05, 0) is 13.0 Å². The number of carbonyl (C=O) groups is 1. The van der Waals surface area contributed by atoms with Crippen molar-refractivity contribution in [2.75, 3.05) is 7.11 Å². The molecular formula is C11H13N3O3. The summed E-state index contributed by atoms with van der Waals surface area (Å²) in [6.45, 7) is 1.74. The lowest BCUT2D eigenvalue weighted by Gasteiger charge is -2.29. The van der Waals surface area contributed by atoms with Crippen LogP contribution in [0.4, 0.5) is 4.79 Å². The lowest BCUT2D eigenvalue weighted by atomic mass is 10.00. The number of ether oxygens (including phenoxy) is 1. The van der Waals surface area contributed by atoms with E-state index in [9.17, 15) is 9.90 Å². The van der Waals surface area contributed by atoms with Gasteiger partial charge in [0, 0.05) is 30.1 Å². The van der Waals surface area contributed by atoms with E-state index in [1.54, 1.807) is 25.3 Å². The average Bonchev–Trinajstić information content (AvgIpc) is 2.66. The number of hydrogen-bond acceptors (Lipinski definition) is 5. The summed E-state index contributed by atoms with van der Waals surface area (Å²) in [5.74, 6) is 0. The Morgan fingerprint density at radius 1 is 1.65 bits per heavy atom. The Morgan fingerprint density at radius 3 is 3.00 bits per heavy atom. The molecule has 1 aromatic rings. The van der Waals surface area contributed by atoms with Gasteiger partial charge in [0.15, 0.2) is 5.72 Å². The van der Waals surface area contributed by atoms with Gasteiger partial charge in [-0.2, -0.15) is 10.1 Å². The van der Waals surface area contributed by atoms with E-state index in [0.29, 0.717) is 11.3 Å². The van der Waals surface area contributed by atoms with Crippen LogP contribution in [0, 0.1) is 0 Å². The number of aliphatic hydroxyl groups is 1. The van der Waals surface area contributed by atoms with Crippen molar-refractivity contribution in [2.45, 2.75) is 19.1 Å². The van der Waals surface area contributed by atoms with Gasteiger partial charge in [0.05, 0.1) is 7.11 Å². The first-order valence-corrected chi connectivity index (χ1v) is 5.13. The number of amides is 1. The van der Waals surface area contributed by atoms with Crippen molar-refractivity contribution in [3.8, 4) is 0 Å². The van der Waals surface area contributed by atoms with Gasteiger partial charge in [0.1, 0.15) is 0 Å². The average molecular weight is 235 g/mol. The quantitative estimate of drug-likeness (QED) is 0.790. The van der Waals surface area contributed by atoms with Crippen molar-refractivity contribution in [1.82, 2.24) is 9.99 Å². The summed E-state index contributed by atoms with van der Waals surface area (Å²) < 4.78 is 4.60. The summed E-state index contributed by atoms with van der Waals surface area (Å²) in [7, 11) is 1.25. The molecule has 0 saturated carbocycles. The summed E-state index contributed by atoms with van der Waals surface area (Å²) in [6, 6.07) is 3.38. The van der Waals surface area contributed by atoms with Gasteiger partial charge >= 0.3 is 6.09 Å². The summed E-state index contributed by atoms with van der Waals surface area (Å²) in [5.41, 5.74) is -0.349. The zero-order valence-corrected chi connectivity index (χ0v) is 9.62. The van der Waals surface area contributed by atoms with Gasteiger partial charge in [0.2, 0.25) is 0 Å². The van der Waals surface area contributed by atoms with Crippen LogP contribution in [0.5, 0.6) is 0 Å². The maximum atomic E-state index is 11.6. The van der Waals surface area contributed by atoms with Crippen LogP contribution in [-0.2, 0) is 10.5 Å². The molecule has 2 heterocycles. The van der Waals surface area contributed by atoms with Gasteiger partial charge in [-0.1, -0.05) is 6.07 Å². The van der Waals surface area contributed by atoms with Crippen LogP contribution in [-0.4, -0.2) is 34.0 Å². The van der Waals surface area contributed by atoms with Gasteiger partial charge < -0.3 is 9.84 Å². The molecule has 1 aliphatic heterocycles. The molecule has 1 aliphatic rings. The highest BCUT2D eigenvalue weighted by Gasteiger charge is 2.45. The second kappa shape index (κ2) is 4.14. The van der Waals surface area contributed by atoms with Crippen molar-refractivity contribution in [3.05, 3.63) is 30.1 Å². The molecule has 0 spiro atoms. The van der Waals surface area contributed by atoms with Crippen LogP contribution in [0.25, 0.3) is 0 Å². The molecule has 2 rings (SSSR count). The van der Waals surface area contributed by atoms with Gasteiger partial charge in [-0.3, -0.25) is 4.98 Å². The second-order valence-electron chi connectivity index (χ2n) is 3.85. The van der Waals surface area contributed by atoms with E-state index in [2.05, 4.69) is 14.8 Å². The first-order valence-electron chi connectivity index (χ1n) is 5.13. The van der Waals surface area contributed by atoms with Gasteiger partial charge in [-0.15, -0.1) is 0 Å². The van der Waals surface area contributed by atoms with Crippen molar-refractivity contribution in [1.29, 1.82) is 0 Å². The van der Waals surface area contributed by atoms with Crippen LogP contribution in [0.3, 0.4) is 0 Å². The van der Waals surface area contributed by atoms with Gasteiger partial charge in [-0.25, -0.2) is 4.79 Å². The third-order valence-corrected chi connectivity index (χ3v) is 2.59. The molecule has 0 aromatic carbocycles. The molecule has 0 saturated heterocycles. The Bertz CT molecular complexity index is 460. The number of rotatable bonds is 1. The molecule has 0 radical (unpaired) electrons. The van der Waals surface area contributed by atoms with E-state index in [0.717, 1.165) is 5.01 Å². The molecule has 0 bridgehead atoms. The molecule has 6 nitrogen and oxygen atoms in total. The minimum absolute atomic E-state index is 0.244. The van der Waals surface area contributed by atoms with E-state index >= 15 is 0 Å². The normalized spacial score (nSPS) is 23.5. The molecule has 6 heteroatoms. The Kier molecular flexibility index (Phi) is 2.81. The largest absolute Gasteiger partial charge is 0.451 e. The fraction of sp³-hybridized carbons (Fsp3) is 0.364. The highest BCUT2D eigenvalue weighted by molar-refractivity contribution is 5.87. The zero-order valence-electron chi connectivity index (χ0n) is 9.62. The summed E-state index contributed by atoms with van der Waals surface area (Å²) in [5, 5.41) is 15.5. The summed E-state index contributed by atoms with van der Waals surface area (Å²) >= 11 is 0. The topological polar surface area (TPSA) is 75.0 Å². The smallest absolute Gasteiger partial charge is 0.433 e. The van der Waals surface area contributed by atoms with Crippen molar-refractivity contribution >= 4 is 11.8 Å². The molecule has 1 aromatic heterocycles. The monoisotopic (exact) mass is 235 g/mol. The Labute approximate surface area is 98.5 Å². The first kappa shape index (κ1) is 11.5. The Hall–Kier alpha value is -1.95. The number of nitrogens with zero attached hydrogens (tertiary/aromatic N) is 3. The third kappa shape index (κ3) is 1.87. The number of carbonyl (C=O) groups excluding carboxylic acids is 1. The van der Waals surface area contributed by atoms with Crippen LogP contribution >= 0.6 is 0 Å². The lowest BCUT2D eigenvalue weighted by molar-refractivity contribution is -0.0836. The first-order chi connectivity index (χ1) is 8.08. The molecule has 1 N–H and O–H groups in total. The molecule has 0 fully saturated rings. The maximum absolute atomic E-state index is 11.6. The highest BCUT2D eigenvalue weighted by atomic mass is 16.6. The molecule has 0 unspecified atom stereocenters. The second-order valence-corrected chi connectivity index (χ2v) is 3.85. The van der Waals surface area contributed by atoms with Gasteiger partial charge in [0.25, 0.3) is 0 Å². The minimum atomic E-state index is -1.51. The lowest BCUT2D eigenvalue weighted by Crippen LogP contribution is -2.43. The standard InChI is InChI=1S/C11H13N3O3/c1-8-6-11(16,9-4-3-5-12-7-9)14(13-8)10(15)17-2/h3-5,7,16H,6H2,1-2H3/t11-/m0/s1. The van der Waals surface area contributed by atoms with E-state index < -0.39 is 11.8 Å². The molecule has 0 aliphatic carbocycles. The fourth-order valence-electron chi connectivity index (χ4n) is 1.82. The van der Waals surface area contributed by atoms with Crippen LogP contribution in [0.15, 0.2) is 29.6 Å². The fourth-order valence-corrected chi connectivity index (χ4v) is 1.82. The minimum Gasteiger partial charge on any atom is -0.451 e. The van der Waals surface area contributed by atoms with Crippen molar-refractivity contribution in [3.63, 3.8) is 0 Å². The summed E-state index contributed by atoms with van der Waals surface area (Å²) in [4.78, 5) is 15.5. The number of pyridine rings is 1. The maximum Gasteiger partial charge on any atom is 0.433 e. The Balaban J connectivity index is 2.40. The molecule has 90 valence electrons. The molecule has 1 amide bonds. The summed E-state index contributed by atoms with van der Waals surface area (Å²) in [6.07, 6.45) is 2.64. The van der Waals surface area contributed by atoms with E-state index in [4.69, 9.17) is 0 Å². The molecular weight excluding hydrogens is 222 g/mol. The molecule has 17 heavy (non-hydrogen) atoms. The molecule has 1 atom stereocenters. The van der Waals surface area contributed by atoms with E-state index in [1.165, 1.54) is 13.3 Å². The third-order valence-electron chi connectivity index (χ3n) is 2.59. The number of aromatic nitrogens is 1.